The van der Waals surface area contributed by atoms with E-state index in [0.29, 0.717) is 17.3 Å². The van der Waals surface area contributed by atoms with Crippen LogP contribution in [-0.2, 0) is 0 Å². The number of aliphatic hydroxyl groups is 1. The van der Waals surface area contributed by atoms with E-state index in [1.807, 2.05) is 44.2 Å². The Bertz CT molecular complexity index is 525. The SMILES string of the molecule is CC(C)C1=NN(C(=S)c2ccccc2)C(O)(C(C)C)C1. The van der Waals surface area contributed by atoms with Gasteiger partial charge in [-0.1, -0.05) is 70.2 Å². The fourth-order valence-corrected chi connectivity index (χ4v) is 2.62. The summed E-state index contributed by atoms with van der Waals surface area (Å²) < 4.78 is 0. The first-order valence-corrected chi connectivity index (χ1v) is 7.46. The molecule has 1 aliphatic heterocycles. The van der Waals surface area contributed by atoms with E-state index in [4.69, 9.17) is 12.2 Å². The Morgan fingerprint density at radius 1 is 1.25 bits per heavy atom. The average molecular weight is 290 g/mol. The number of hydrogen-bond donors (Lipinski definition) is 1. The Kier molecular flexibility index (Phi) is 4.25. The molecule has 0 aliphatic carbocycles. The van der Waals surface area contributed by atoms with Crippen molar-refractivity contribution < 1.29 is 5.11 Å². The van der Waals surface area contributed by atoms with E-state index >= 15 is 0 Å². The summed E-state index contributed by atoms with van der Waals surface area (Å²) >= 11 is 5.55. The zero-order valence-electron chi connectivity index (χ0n) is 12.5. The molecule has 1 unspecified atom stereocenters. The molecule has 0 radical (unpaired) electrons. The molecule has 20 heavy (non-hydrogen) atoms. The standard InChI is InChI=1S/C16H22N2OS/c1-11(2)14-10-16(19,12(3)4)18(17-14)15(20)13-8-6-5-7-9-13/h5-9,11-12,19H,10H2,1-4H3. The largest absolute Gasteiger partial charge is 0.368 e. The first-order valence-electron chi connectivity index (χ1n) is 7.05. The summed E-state index contributed by atoms with van der Waals surface area (Å²) in [5.41, 5.74) is 0.891. The lowest BCUT2D eigenvalue weighted by atomic mass is 9.91. The first kappa shape index (κ1) is 15.1. The molecule has 0 amide bonds. The number of rotatable bonds is 3. The molecule has 0 aromatic heterocycles. The van der Waals surface area contributed by atoms with E-state index in [1.165, 1.54) is 0 Å². The molecule has 1 N–H and O–H groups in total. The zero-order chi connectivity index (χ0) is 14.9. The minimum Gasteiger partial charge on any atom is -0.368 e. The Balaban J connectivity index is 2.38. The van der Waals surface area contributed by atoms with Crippen molar-refractivity contribution in [3.63, 3.8) is 0 Å². The van der Waals surface area contributed by atoms with Gasteiger partial charge in [-0.3, -0.25) is 0 Å². The molecule has 4 heteroatoms. The molecular formula is C16H22N2OS. The number of hydrazone groups is 1. The van der Waals surface area contributed by atoms with Gasteiger partial charge in [0.15, 0.2) is 5.72 Å². The second-order valence-corrected chi connectivity index (χ2v) is 6.33. The van der Waals surface area contributed by atoms with Gasteiger partial charge in [-0.2, -0.15) is 5.10 Å². The summed E-state index contributed by atoms with van der Waals surface area (Å²) in [6, 6.07) is 9.74. The van der Waals surface area contributed by atoms with Gasteiger partial charge in [-0.25, -0.2) is 5.01 Å². The van der Waals surface area contributed by atoms with Crippen LogP contribution in [-0.4, -0.2) is 26.5 Å². The summed E-state index contributed by atoms with van der Waals surface area (Å²) in [4.78, 5) is 0.581. The molecule has 0 fully saturated rings. The van der Waals surface area contributed by atoms with Crippen molar-refractivity contribution >= 4 is 22.9 Å². The fourth-order valence-electron chi connectivity index (χ4n) is 2.28. The van der Waals surface area contributed by atoms with Crippen LogP contribution in [0, 0.1) is 11.8 Å². The van der Waals surface area contributed by atoms with E-state index in [-0.39, 0.29) is 5.92 Å². The first-order chi connectivity index (χ1) is 9.36. The van der Waals surface area contributed by atoms with E-state index in [2.05, 4.69) is 18.9 Å². The van der Waals surface area contributed by atoms with Crippen LogP contribution >= 0.6 is 12.2 Å². The van der Waals surface area contributed by atoms with Gasteiger partial charge in [0, 0.05) is 23.6 Å². The molecule has 0 spiro atoms. The van der Waals surface area contributed by atoms with Crippen molar-refractivity contribution in [2.24, 2.45) is 16.9 Å². The topological polar surface area (TPSA) is 35.8 Å². The van der Waals surface area contributed by atoms with Crippen LogP contribution in [0.5, 0.6) is 0 Å². The summed E-state index contributed by atoms with van der Waals surface area (Å²) in [5, 5.41) is 17.2. The summed E-state index contributed by atoms with van der Waals surface area (Å²) in [7, 11) is 0. The molecule has 1 aliphatic rings. The molecule has 0 bridgehead atoms. The third-order valence-electron chi connectivity index (χ3n) is 3.84. The van der Waals surface area contributed by atoms with Crippen LogP contribution in [0.1, 0.15) is 39.7 Å². The van der Waals surface area contributed by atoms with Crippen LogP contribution in [0.25, 0.3) is 0 Å². The fraction of sp³-hybridized carbons (Fsp3) is 0.500. The van der Waals surface area contributed by atoms with E-state index < -0.39 is 5.72 Å². The molecule has 2 rings (SSSR count). The van der Waals surface area contributed by atoms with E-state index in [0.717, 1.165) is 11.3 Å². The molecule has 3 nitrogen and oxygen atoms in total. The molecule has 0 saturated heterocycles. The number of benzene rings is 1. The lowest BCUT2D eigenvalue weighted by molar-refractivity contribution is -0.0874. The summed E-state index contributed by atoms with van der Waals surface area (Å²) in [6.45, 7) is 8.18. The molecule has 1 aromatic carbocycles. The maximum absolute atomic E-state index is 11.0. The average Bonchev–Trinajstić information content (AvgIpc) is 2.79. The number of thiocarbonyl (C=S) groups is 1. The Morgan fingerprint density at radius 2 is 1.85 bits per heavy atom. The van der Waals surface area contributed by atoms with Crippen molar-refractivity contribution in [1.29, 1.82) is 0 Å². The molecule has 108 valence electrons. The molecule has 1 heterocycles. The molecule has 1 atom stereocenters. The normalized spacial score (nSPS) is 22.6. The highest BCUT2D eigenvalue weighted by atomic mass is 32.1. The maximum atomic E-state index is 11.0. The van der Waals surface area contributed by atoms with Gasteiger partial charge < -0.3 is 5.11 Å². The van der Waals surface area contributed by atoms with Gasteiger partial charge in [-0.05, 0) is 5.92 Å². The lowest BCUT2D eigenvalue weighted by Gasteiger charge is -2.36. The van der Waals surface area contributed by atoms with Crippen LogP contribution in [0.4, 0.5) is 0 Å². The number of nitrogens with zero attached hydrogens (tertiary/aromatic N) is 2. The van der Waals surface area contributed by atoms with Crippen LogP contribution in [0.3, 0.4) is 0 Å². The van der Waals surface area contributed by atoms with Crippen molar-refractivity contribution in [2.75, 3.05) is 0 Å². The third-order valence-corrected chi connectivity index (χ3v) is 4.25. The van der Waals surface area contributed by atoms with Gasteiger partial charge in [0.25, 0.3) is 0 Å². The predicted molar refractivity (Wildman–Crippen MR) is 86.7 cm³/mol. The minimum absolute atomic E-state index is 0.0455. The van der Waals surface area contributed by atoms with Crippen molar-refractivity contribution in [3.05, 3.63) is 35.9 Å². The summed E-state index contributed by atoms with van der Waals surface area (Å²) in [6.07, 6.45) is 0.551. The highest BCUT2D eigenvalue weighted by Crippen LogP contribution is 2.35. The predicted octanol–water partition coefficient (Wildman–Crippen LogP) is 3.42. The van der Waals surface area contributed by atoms with Gasteiger partial charge in [-0.15, -0.1) is 0 Å². The highest BCUT2D eigenvalue weighted by molar-refractivity contribution is 7.80. The van der Waals surface area contributed by atoms with Gasteiger partial charge >= 0.3 is 0 Å². The maximum Gasteiger partial charge on any atom is 0.166 e. The smallest absolute Gasteiger partial charge is 0.166 e. The Labute approximate surface area is 126 Å². The van der Waals surface area contributed by atoms with E-state index in [9.17, 15) is 5.11 Å². The second-order valence-electron chi connectivity index (χ2n) is 5.94. The van der Waals surface area contributed by atoms with Crippen LogP contribution < -0.4 is 0 Å². The minimum atomic E-state index is -1.02. The lowest BCUT2D eigenvalue weighted by Crippen LogP contribution is -2.49. The van der Waals surface area contributed by atoms with Crippen molar-refractivity contribution in [1.82, 2.24) is 5.01 Å². The summed E-state index contributed by atoms with van der Waals surface area (Å²) in [5.74, 6) is 0.355. The Hall–Kier alpha value is -1.26. The van der Waals surface area contributed by atoms with Crippen LogP contribution in [0.2, 0.25) is 0 Å². The van der Waals surface area contributed by atoms with Crippen molar-refractivity contribution in [3.8, 4) is 0 Å². The molecule has 0 saturated carbocycles. The monoisotopic (exact) mass is 290 g/mol. The molecule has 1 aromatic rings. The molecular weight excluding hydrogens is 268 g/mol. The zero-order valence-corrected chi connectivity index (χ0v) is 13.3. The van der Waals surface area contributed by atoms with Gasteiger partial charge in [0.05, 0.1) is 0 Å². The number of hydrogen-bond acceptors (Lipinski definition) is 3. The highest BCUT2D eigenvalue weighted by Gasteiger charge is 2.45. The van der Waals surface area contributed by atoms with E-state index in [1.54, 1.807) is 5.01 Å². The van der Waals surface area contributed by atoms with Crippen LogP contribution in [0.15, 0.2) is 35.4 Å². The van der Waals surface area contributed by atoms with Crippen molar-refractivity contribution in [2.45, 2.75) is 39.8 Å². The second kappa shape index (κ2) is 5.62. The van der Waals surface area contributed by atoms with Gasteiger partial charge in [0.2, 0.25) is 0 Å². The Morgan fingerprint density at radius 3 is 2.35 bits per heavy atom. The third kappa shape index (κ3) is 2.63. The van der Waals surface area contributed by atoms with Gasteiger partial charge in [0.1, 0.15) is 4.99 Å². The quantitative estimate of drug-likeness (QED) is 0.866.